The highest BCUT2D eigenvalue weighted by Gasteiger charge is 2.35. The first-order valence-electron chi connectivity index (χ1n) is 10.1. The summed E-state index contributed by atoms with van der Waals surface area (Å²) in [6.07, 6.45) is 1.65. The van der Waals surface area contributed by atoms with Gasteiger partial charge in [-0.05, 0) is 57.5 Å². The summed E-state index contributed by atoms with van der Waals surface area (Å²) in [5.74, 6) is 0.952. The highest BCUT2D eigenvalue weighted by atomic mass is 32.2. The molecular weight excluding hydrogens is 416 g/mol. The molecule has 0 fully saturated rings. The van der Waals surface area contributed by atoms with Gasteiger partial charge in [-0.15, -0.1) is 0 Å². The average Bonchev–Trinajstić information content (AvgIpc) is 2.65. The molecule has 2 aromatic rings. The molecular formula is C23H30N2O5S. The Labute approximate surface area is 184 Å². The molecule has 3 rings (SSSR count). The van der Waals surface area contributed by atoms with Gasteiger partial charge in [0.1, 0.15) is 23.6 Å². The number of nitrogens with zero attached hydrogens (tertiary/aromatic N) is 1. The van der Waals surface area contributed by atoms with Gasteiger partial charge in [-0.2, -0.15) is 0 Å². The number of hydrogen-bond donors (Lipinski definition) is 1. The summed E-state index contributed by atoms with van der Waals surface area (Å²) >= 11 is 0. The van der Waals surface area contributed by atoms with E-state index in [0.717, 1.165) is 27.3 Å². The topological polar surface area (TPSA) is 84.9 Å². The average molecular weight is 447 g/mol. The van der Waals surface area contributed by atoms with Crippen LogP contribution < -0.4 is 19.1 Å². The van der Waals surface area contributed by atoms with Crippen LogP contribution in [-0.4, -0.2) is 39.8 Å². The van der Waals surface area contributed by atoms with Crippen LogP contribution in [0, 0.1) is 13.8 Å². The standard InChI is InChI=1S/C23H30N2O5S/c1-15-7-9-20(16(2)11-15)25(31(6,27)28)14-22(26)24-19-13-23(3,4)30-21-10-8-17(29-5)12-18(19)21/h7-12,19H,13-14H2,1-6H3,(H,24,26)/t19-/m1/s1. The molecule has 1 aliphatic rings. The molecule has 2 aromatic carbocycles. The second-order valence-corrected chi connectivity index (χ2v) is 10.6. The molecule has 0 aromatic heterocycles. The van der Waals surface area contributed by atoms with Crippen LogP contribution in [0.1, 0.15) is 43.0 Å². The molecule has 1 atom stereocenters. The van der Waals surface area contributed by atoms with Crippen molar-refractivity contribution in [3.63, 3.8) is 0 Å². The lowest BCUT2D eigenvalue weighted by Gasteiger charge is -2.38. The summed E-state index contributed by atoms with van der Waals surface area (Å²) in [6, 6.07) is 10.6. The van der Waals surface area contributed by atoms with Gasteiger partial charge in [-0.25, -0.2) is 8.42 Å². The maximum atomic E-state index is 13.0. The summed E-state index contributed by atoms with van der Waals surface area (Å²) in [7, 11) is -2.08. The number of anilines is 1. The molecule has 0 aliphatic carbocycles. The maximum Gasteiger partial charge on any atom is 0.241 e. The predicted octanol–water partition coefficient (Wildman–Crippen LogP) is 3.50. The van der Waals surface area contributed by atoms with E-state index in [2.05, 4.69) is 5.32 Å². The third kappa shape index (κ3) is 5.31. The highest BCUT2D eigenvalue weighted by molar-refractivity contribution is 7.92. The van der Waals surface area contributed by atoms with Crippen molar-refractivity contribution in [2.45, 2.75) is 45.8 Å². The van der Waals surface area contributed by atoms with E-state index in [-0.39, 0.29) is 18.5 Å². The second kappa shape index (κ2) is 8.42. The number of benzene rings is 2. The van der Waals surface area contributed by atoms with Gasteiger partial charge < -0.3 is 14.8 Å². The Bertz CT molecular complexity index is 1100. The Kier molecular flexibility index (Phi) is 6.23. The van der Waals surface area contributed by atoms with Gasteiger partial charge >= 0.3 is 0 Å². The van der Waals surface area contributed by atoms with Crippen LogP contribution in [0.4, 0.5) is 5.69 Å². The molecule has 1 aliphatic heterocycles. The molecule has 1 heterocycles. The van der Waals surface area contributed by atoms with E-state index in [9.17, 15) is 13.2 Å². The summed E-state index contributed by atoms with van der Waals surface area (Å²) in [5.41, 5.74) is 2.64. The Morgan fingerprint density at radius 3 is 2.55 bits per heavy atom. The third-order valence-electron chi connectivity index (χ3n) is 5.32. The predicted molar refractivity (Wildman–Crippen MR) is 121 cm³/mol. The smallest absolute Gasteiger partial charge is 0.241 e. The van der Waals surface area contributed by atoms with E-state index >= 15 is 0 Å². The van der Waals surface area contributed by atoms with Crippen LogP contribution in [0.3, 0.4) is 0 Å². The second-order valence-electron chi connectivity index (χ2n) is 8.65. The molecule has 0 radical (unpaired) electrons. The van der Waals surface area contributed by atoms with Gasteiger partial charge in [0, 0.05) is 12.0 Å². The van der Waals surface area contributed by atoms with Crippen molar-refractivity contribution in [1.29, 1.82) is 0 Å². The van der Waals surface area contributed by atoms with Crippen molar-refractivity contribution in [2.75, 3.05) is 24.2 Å². The molecule has 0 spiro atoms. The normalized spacial score (nSPS) is 17.3. The number of nitrogens with one attached hydrogen (secondary N) is 1. The SMILES string of the molecule is COc1ccc2c(c1)[C@H](NC(=O)CN(c1ccc(C)cc1C)S(C)(=O)=O)CC(C)(C)O2. The van der Waals surface area contributed by atoms with Gasteiger partial charge in [0.2, 0.25) is 15.9 Å². The molecule has 0 saturated carbocycles. The van der Waals surface area contributed by atoms with Crippen LogP contribution in [0.15, 0.2) is 36.4 Å². The summed E-state index contributed by atoms with van der Waals surface area (Å²) in [5, 5.41) is 3.00. The zero-order valence-corrected chi connectivity index (χ0v) is 19.7. The van der Waals surface area contributed by atoms with Crippen LogP contribution >= 0.6 is 0 Å². The van der Waals surface area contributed by atoms with E-state index in [4.69, 9.17) is 9.47 Å². The summed E-state index contributed by atoms with van der Waals surface area (Å²) in [6.45, 7) is 7.38. The van der Waals surface area contributed by atoms with E-state index in [1.165, 1.54) is 0 Å². The number of aryl methyl sites for hydroxylation is 2. The quantitative estimate of drug-likeness (QED) is 0.734. The number of amides is 1. The molecule has 1 amide bonds. The first kappa shape index (κ1) is 22.9. The Balaban J connectivity index is 1.88. The molecule has 7 nitrogen and oxygen atoms in total. The van der Waals surface area contributed by atoms with E-state index in [0.29, 0.717) is 23.6 Å². The van der Waals surface area contributed by atoms with Crippen molar-refractivity contribution in [3.8, 4) is 11.5 Å². The number of carbonyl (C=O) groups excluding carboxylic acids is 1. The minimum atomic E-state index is -3.66. The van der Waals surface area contributed by atoms with Crippen molar-refractivity contribution < 1.29 is 22.7 Å². The van der Waals surface area contributed by atoms with Crippen LogP contribution in [-0.2, 0) is 14.8 Å². The fourth-order valence-corrected chi connectivity index (χ4v) is 4.84. The minimum absolute atomic E-state index is 0.306. The van der Waals surface area contributed by atoms with E-state index < -0.39 is 15.6 Å². The fraction of sp³-hybridized carbons (Fsp3) is 0.435. The van der Waals surface area contributed by atoms with Gasteiger partial charge in [-0.3, -0.25) is 9.10 Å². The zero-order valence-electron chi connectivity index (χ0n) is 18.9. The molecule has 168 valence electrons. The summed E-state index contributed by atoms with van der Waals surface area (Å²) < 4.78 is 37.5. The number of ether oxygens (including phenoxy) is 2. The Morgan fingerprint density at radius 1 is 1.23 bits per heavy atom. The van der Waals surface area contributed by atoms with Gasteiger partial charge in [0.15, 0.2) is 0 Å². The minimum Gasteiger partial charge on any atom is -0.497 e. The monoisotopic (exact) mass is 446 g/mol. The number of methoxy groups -OCH3 is 1. The van der Waals surface area contributed by atoms with Crippen LogP contribution in [0.5, 0.6) is 11.5 Å². The first-order chi connectivity index (χ1) is 14.4. The van der Waals surface area contributed by atoms with Crippen molar-refractivity contribution >= 4 is 21.6 Å². The first-order valence-corrected chi connectivity index (χ1v) is 12.0. The number of sulfonamides is 1. The molecule has 0 unspecified atom stereocenters. The lowest BCUT2D eigenvalue weighted by Crippen LogP contribution is -2.45. The Hall–Kier alpha value is -2.74. The molecule has 0 bridgehead atoms. The Morgan fingerprint density at radius 2 is 1.94 bits per heavy atom. The van der Waals surface area contributed by atoms with Crippen LogP contribution in [0.2, 0.25) is 0 Å². The molecule has 31 heavy (non-hydrogen) atoms. The van der Waals surface area contributed by atoms with Crippen molar-refractivity contribution in [2.24, 2.45) is 0 Å². The van der Waals surface area contributed by atoms with Gasteiger partial charge in [-0.1, -0.05) is 17.7 Å². The fourth-order valence-electron chi connectivity index (χ4n) is 3.93. The zero-order chi connectivity index (χ0) is 23.0. The molecule has 0 saturated heterocycles. The van der Waals surface area contributed by atoms with Gasteiger partial charge in [0.05, 0.1) is 25.1 Å². The number of hydrogen-bond acceptors (Lipinski definition) is 5. The number of rotatable bonds is 6. The molecule has 8 heteroatoms. The summed E-state index contributed by atoms with van der Waals surface area (Å²) in [4.78, 5) is 13.0. The molecule has 1 N–H and O–H groups in total. The van der Waals surface area contributed by atoms with Crippen molar-refractivity contribution in [3.05, 3.63) is 53.1 Å². The largest absolute Gasteiger partial charge is 0.497 e. The highest BCUT2D eigenvalue weighted by Crippen LogP contribution is 2.41. The number of fused-ring (bicyclic) bond motifs is 1. The lowest BCUT2D eigenvalue weighted by atomic mass is 9.89. The van der Waals surface area contributed by atoms with Crippen LogP contribution in [0.25, 0.3) is 0 Å². The third-order valence-corrected chi connectivity index (χ3v) is 6.44. The maximum absolute atomic E-state index is 13.0. The van der Waals surface area contributed by atoms with E-state index in [1.54, 1.807) is 13.2 Å². The van der Waals surface area contributed by atoms with Crippen molar-refractivity contribution in [1.82, 2.24) is 5.32 Å². The number of carbonyl (C=O) groups is 1. The lowest BCUT2D eigenvalue weighted by molar-refractivity contribution is -0.120. The van der Waals surface area contributed by atoms with E-state index in [1.807, 2.05) is 58.0 Å². The van der Waals surface area contributed by atoms with Gasteiger partial charge in [0.25, 0.3) is 0 Å².